The van der Waals surface area contributed by atoms with Crippen LogP contribution in [0.5, 0.6) is 0 Å². The Morgan fingerprint density at radius 1 is 1.19 bits per heavy atom. The molecule has 3 amide bonds. The number of hydrogen-bond donors (Lipinski definition) is 0. The number of halogens is 1. The first kappa shape index (κ1) is 17.3. The molecule has 0 atom stereocenters. The van der Waals surface area contributed by atoms with Gasteiger partial charge in [-0.1, -0.05) is 24.1 Å². The molecular formula is C19H22ClN3O3. The van der Waals surface area contributed by atoms with E-state index in [1.807, 2.05) is 0 Å². The van der Waals surface area contributed by atoms with Crippen LogP contribution in [0.15, 0.2) is 24.3 Å². The van der Waals surface area contributed by atoms with E-state index in [4.69, 9.17) is 11.6 Å². The molecule has 3 fully saturated rings. The number of amides is 3. The fraction of sp³-hybridized carbons (Fsp3) is 0.526. The monoisotopic (exact) mass is 375 g/mol. The molecule has 0 unspecified atom stereocenters. The van der Waals surface area contributed by atoms with Crippen molar-refractivity contribution >= 4 is 35.0 Å². The summed E-state index contributed by atoms with van der Waals surface area (Å²) in [5.41, 5.74) is 0.683. The third kappa shape index (κ3) is 3.43. The number of carbonyl (C=O) groups is 3. The SMILES string of the molecule is O=C(CN(C(=O)C1CCC1)C1CC1)N1CC(=O)N(c2cccc(Cl)c2)C1. The second-order valence-electron chi connectivity index (χ2n) is 7.36. The molecule has 0 bridgehead atoms. The Labute approximate surface area is 157 Å². The number of anilines is 1. The summed E-state index contributed by atoms with van der Waals surface area (Å²) in [6.07, 6.45) is 4.90. The van der Waals surface area contributed by atoms with Gasteiger partial charge in [0.15, 0.2) is 0 Å². The molecule has 1 heterocycles. The van der Waals surface area contributed by atoms with Crippen molar-refractivity contribution in [1.82, 2.24) is 9.80 Å². The Kier molecular flexibility index (Phi) is 4.61. The summed E-state index contributed by atoms with van der Waals surface area (Å²) in [6, 6.07) is 7.24. The van der Waals surface area contributed by atoms with E-state index in [-0.39, 0.29) is 49.4 Å². The standard InChI is InChI=1S/C19H22ClN3O3/c20-14-5-2-6-16(9-14)23-12-21(10-18(23)25)17(24)11-22(15-7-8-15)19(26)13-3-1-4-13/h2,5-6,9,13,15H,1,3-4,7-8,10-12H2. The molecule has 1 aromatic carbocycles. The van der Waals surface area contributed by atoms with Gasteiger partial charge in [-0.3, -0.25) is 19.3 Å². The third-order valence-corrected chi connectivity index (χ3v) is 5.68. The van der Waals surface area contributed by atoms with Gasteiger partial charge in [-0.2, -0.15) is 0 Å². The van der Waals surface area contributed by atoms with Gasteiger partial charge in [0.25, 0.3) is 0 Å². The first-order valence-electron chi connectivity index (χ1n) is 9.17. The van der Waals surface area contributed by atoms with Crippen LogP contribution in [-0.4, -0.2) is 53.3 Å². The minimum atomic E-state index is -0.164. The molecule has 3 aliphatic rings. The summed E-state index contributed by atoms with van der Waals surface area (Å²) in [5, 5.41) is 0.547. The number of benzene rings is 1. The molecule has 2 saturated carbocycles. The second-order valence-corrected chi connectivity index (χ2v) is 7.80. The maximum atomic E-state index is 12.7. The highest BCUT2D eigenvalue weighted by Crippen LogP contribution is 2.34. The van der Waals surface area contributed by atoms with Gasteiger partial charge in [0.2, 0.25) is 17.7 Å². The van der Waals surface area contributed by atoms with E-state index in [0.29, 0.717) is 10.7 Å². The van der Waals surface area contributed by atoms with E-state index >= 15 is 0 Å². The zero-order valence-corrected chi connectivity index (χ0v) is 15.3. The first-order chi connectivity index (χ1) is 12.5. The topological polar surface area (TPSA) is 60.9 Å². The van der Waals surface area contributed by atoms with Crippen molar-refractivity contribution in [2.24, 2.45) is 5.92 Å². The van der Waals surface area contributed by atoms with Crippen LogP contribution in [0.4, 0.5) is 5.69 Å². The molecule has 0 N–H and O–H groups in total. The lowest BCUT2D eigenvalue weighted by atomic mass is 9.84. The van der Waals surface area contributed by atoms with E-state index in [1.54, 1.807) is 34.1 Å². The average molecular weight is 376 g/mol. The molecule has 1 aliphatic heterocycles. The minimum absolute atomic E-state index is 0.0431. The fourth-order valence-electron chi connectivity index (χ4n) is 3.49. The molecule has 0 spiro atoms. The summed E-state index contributed by atoms with van der Waals surface area (Å²) in [6.45, 7) is 0.326. The van der Waals surface area contributed by atoms with Crippen LogP contribution >= 0.6 is 11.6 Å². The van der Waals surface area contributed by atoms with Crippen LogP contribution in [-0.2, 0) is 14.4 Å². The predicted octanol–water partition coefficient (Wildman–Crippen LogP) is 2.26. The molecule has 4 rings (SSSR count). The highest BCUT2D eigenvalue weighted by atomic mass is 35.5. The van der Waals surface area contributed by atoms with E-state index in [0.717, 1.165) is 32.1 Å². The minimum Gasteiger partial charge on any atom is -0.330 e. The summed E-state index contributed by atoms with van der Waals surface area (Å²) < 4.78 is 0. The van der Waals surface area contributed by atoms with Gasteiger partial charge in [0.1, 0.15) is 19.8 Å². The second kappa shape index (κ2) is 6.91. The molecule has 7 heteroatoms. The van der Waals surface area contributed by atoms with Crippen LogP contribution in [0, 0.1) is 5.92 Å². The van der Waals surface area contributed by atoms with Gasteiger partial charge in [-0.15, -0.1) is 0 Å². The normalized spacial score (nSPS) is 20.3. The van der Waals surface area contributed by atoms with E-state index in [9.17, 15) is 14.4 Å². The predicted molar refractivity (Wildman–Crippen MR) is 97.6 cm³/mol. The fourth-order valence-corrected chi connectivity index (χ4v) is 3.68. The lowest BCUT2D eigenvalue weighted by Crippen LogP contribution is -2.47. The van der Waals surface area contributed by atoms with Crippen LogP contribution in [0.25, 0.3) is 0 Å². The van der Waals surface area contributed by atoms with Gasteiger partial charge in [-0.25, -0.2) is 0 Å². The Bertz CT molecular complexity index is 745. The number of carbonyl (C=O) groups excluding carboxylic acids is 3. The average Bonchev–Trinajstić information content (AvgIpc) is 3.32. The molecule has 1 aromatic rings. The van der Waals surface area contributed by atoms with Crippen molar-refractivity contribution in [1.29, 1.82) is 0 Å². The van der Waals surface area contributed by atoms with Gasteiger partial charge >= 0.3 is 0 Å². The maximum absolute atomic E-state index is 12.7. The summed E-state index contributed by atoms with van der Waals surface area (Å²) >= 11 is 6.00. The highest BCUT2D eigenvalue weighted by Gasteiger charge is 2.40. The summed E-state index contributed by atoms with van der Waals surface area (Å²) in [7, 11) is 0. The molecule has 26 heavy (non-hydrogen) atoms. The maximum Gasteiger partial charge on any atom is 0.248 e. The molecule has 2 aliphatic carbocycles. The summed E-state index contributed by atoms with van der Waals surface area (Å²) in [4.78, 5) is 42.5. The van der Waals surface area contributed by atoms with E-state index in [2.05, 4.69) is 0 Å². The Balaban J connectivity index is 1.41. The van der Waals surface area contributed by atoms with Gasteiger partial charge in [0.05, 0.1) is 0 Å². The quantitative estimate of drug-likeness (QED) is 0.793. The lowest BCUT2D eigenvalue weighted by Gasteiger charge is -2.32. The van der Waals surface area contributed by atoms with Gasteiger partial charge < -0.3 is 9.80 Å². The Morgan fingerprint density at radius 2 is 1.96 bits per heavy atom. The summed E-state index contributed by atoms with van der Waals surface area (Å²) in [5.74, 6) is -0.0951. The molecule has 0 aromatic heterocycles. The van der Waals surface area contributed by atoms with Crippen LogP contribution in [0.1, 0.15) is 32.1 Å². The van der Waals surface area contributed by atoms with Crippen molar-refractivity contribution in [3.8, 4) is 0 Å². The van der Waals surface area contributed by atoms with Crippen LogP contribution < -0.4 is 4.90 Å². The molecular weight excluding hydrogens is 354 g/mol. The van der Waals surface area contributed by atoms with Crippen LogP contribution in [0.2, 0.25) is 5.02 Å². The Hall–Kier alpha value is -2.08. The van der Waals surface area contributed by atoms with Crippen LogP contribution in [0.3, 0.4) is 0 Å². The van der Waals surface area contributed by atoms with E-state index < -0.39 is 0 Å². The van der Waals surface area contributed by atoms with Crippen molar-refractivity contribution in [2.45, 2.75) is 38.1 Å². The molecule has 6 nitrogen and oxygen atoms in total. The van der Waals surface area contributed by atoms with Crippen molar-refractivity contribution in [3.63, 3.8) is 0 Å². The number of nitrogens with zero attached hydrogens (tertiary/aromatic N) is 3. The van der Waals surface area contributed by atoms with E-state index in [1.165, 1.54) is 4.90 Å². The van der Waals surface area contributed by atoms with Crippen molar-refractivity contribution < 1.29 is 14.4 Å². The molecule has 138 valence electrons. The highest BCUT2D eigenvalue weighted by molar-refractivity contribution is 6.31. The smallest absolute Gasteiger partial charge is 0.248 e. The zero-order chi connectivity index (χ0) is 18.3. The number of rotatable bonds is 5. The molecule has 1 saturated heterocycles. The van der Waals surface area contributed by atoms with Crippen molar-refractivity contribution in [3.05, 3.63) is 29.3 Å². The zero-order valence-electron chi connectivity index (χ0n) is 14.6. The largest absolute Gasteiger partial charge is 0.330 e. The van der Waals surface area contributed by atoms with Gasteiger partial charge in [0, 0.05) is 22.7 Å². The van der Waals surface area contributed by atoms with Gasteiger partial charge in [-0.05, 0) is 43.9 Å². The lowest BCUT2D eigenvalue weighted by molar-refractivity contribution is -0.145. The Morgan fingerprint density at radius 3 is 2.58 bits per heavy atom. The third-order valence-electron chi connectivity index (χ3n) is 5.44. The first-order valence-corrected chi connectivity index (χ1v) is 9.55. The number of hydrogen-bond acceptors (Lipinski definition) is 3. The van der Waals surface area contributed by atoms with Crippen molar-refractivity contribution in [2.75, 3.05) is 24.7 Å². The molecule has 0 radical (unpaired) electrons.